The number of ether oxygens (including phenoxy) is 3. The molecule has 1 aliphatic rings. The van der Waals surface area contributed by atoms with E-state index in [0.717, 1.165) is 30.2 Å². The molecule has 1 N–H and O–H groups in total. The van der Waals surface area contributed by atoms with Crippen molar-refractivity contribution in [1.29, 1.82) is 0 Å². The summed E-state index contributed by atoms with van der Waals surface area (Å²) in [5.74, 6) is -0.455. The molecular weight excluding hydrogens is 371 g/mol. The number of nitrogens with one attached hydrogen (secondary N) is 1. The Hall–Kier alpha value is -3.36. The number of amides is 1. The third kappa shape index (κ3) is 4.30. The van der Waals surface area contributed by atoms with E-state index in [1.807, 2.05) is 19.9 Å². The van der Waals surface area contributed by atoms with Crippen molar-refractivity contribution in [2.24, 2.45) is 0 Å². The Bertz CT molecular complexity index is 918. The number of benzene rings is 2. The minimum Gasteiger partial charge on any atom is -0.492 e. The van der Waals surface area contributed by atoms with Gasteiger partial charge in [-0.3, -0.25) is 14.9 Å². The van der Waals surface area contributed by atoms with Gasteiger partial charge in [-0.05, 0) is 26.0 Å². The van der Waals surface area contributed by atoms with Crippen LogP contribution in [0, 0.1) is 15.9 Å². The molecule has 1 aliphatic heterocycles. The summed E-state index contributed by atoms with van der Waals surface area (Å²) in [6, 6.07) is 6.28. The number of anilines is 1. The largest absolute Gasteiger partial charge is 0.492 e. The van der Waals surface area contributed by atoms with Gasteiger partial charge in [0, 0.05) is 30.2 Å². The lowest BCUT2D eigenvalue weighted by atomic mass is 10.1. The van der Waals surface area contributed by atoms with Gasteiger partial charge in [0.25, 0.3) is 5.91 Å². The molecule has 1 unspecified atom stereocenters. The Kier molecular flexibility index (Phi) is 5.62. The highest BCUT2D eigenvalue weighted by molar-refractivity contribution is 5.93. The predicted octanol–water partition coefficient (Wildman–Crippen LogP) is 3.47. The Morgan fingerprint density at radius 2 is 2.11 bits per heavy atom. The number of nitro benzene ring substituents is 1. The first-order chi connectivity index (χ1) is 13.4. The summed E-state index contributed by atoms with van der Waals surface area (Å²) >= 11 is 0. The van der Waals surface area contributed by atoms with Crippen LogP contribution in [0.15, 0.2) is 30.3 Å². The predicted molar refractivity (Wildman–Crippen MR) is 98.6 cm³/mol. The first-order valence-corrected chi connectivity index (χ1v) is 8.70. The van der Waals surface area contributed by atoms with Gasteiger partial charge in [-0.15, -0.1) is 0 Å². The van der Waals surface area contributed by atoms with Gasteiger partial charge < -0.3 is 19.5 Å². The molecule has 0 aliphatic carbocycles. The Labute approximate surface area is 160 Å². The van der Waals surface area contributed by atoms with Crippen molar-refractivity contribution in [3.63, 3.8) is 0 Å². The third-order valence-corrected chi connectivity index (χ3v) is 4.05. The second-order valence-corrected chi connectivity index (χ2v) is 6.23. The minimum absolute atomic E-state index is 0.0345. The smallest absolute Gasteiger partial charge is 0.311 e. The van der Waals surface area contributed by atoms with E-state index in [4.69, 9.17) is 14.2 Å². The van der Waals surface area contributed by atoms with Gasteiger partial charge in [-0.1, -0.05) is 0 Å². The van der Waals surface area contributed by atoms with E-state index in [1.54, 1.807) is 6.07 Å². The van der Waals surface area contributed by atoms with Gasteiger partial charge >= 0.3 is 5.69 Å². The fraction of sp³-hybridized carbons (Fsp3) is 0.316. The number of nitro groups is 1. The molecule has 0 saturated heterocycles. The summed E-state index contributed by atoms with van der Waals surface area (Å²) in [6.45, 7) is 3.64. The lowest BCUT2D eigenvalue weighted by Gasteiger charge is -2.14. The maximum absolute atomic E-state index is 13.3. The van der Waals surface area contributed by atoms with Crippen molar-refractivity contribution in [1.82, 2.24) is 0 Å². The van der Waals surface area contributed by atoms with E-state index in [0.29, 0.717) is 23.8 Å². The minimum atomic E-state index is -0.709. The quantitative estimate of drug-likeness (QED) is 0.574. The molecule has 0 bridgehead atoms. The van der Waals surface area contributed by atoms with E-state index in [-0.39, 0.29) is 11.9 Å². The molecule has 2 aromatic carbocycles. The lowest BCUT2D eigenvalue weighted by molar-refractivity contribution is -0.385. The summed E-state index contributed by atoms with van der Waals surface area (Å²) in [7, 11) is 0. The average molecular weight is 390 g/mol. The van der Waals surface area contributed by atoms with Gasteiger partial charge in [-0.2, -0.15) is 0 Å². The molecule has 0 saturated carbocycles. The second kappa shape index (κ2) is 8.12. The molecule has 8 nitrogen and oxygen atoms in total. The van der Waals surface area contributed by atoms with Gasteiger partial charge in [-0.25, -0.2) is 4.39 Å². The Balaban J connectivity index is 1.73. The number of carbonyl (C=O) groups is 1. The van der Waals surface area contributed by atoms with Crippen molar-refractivity contribution in [3.8, 4) is 17.2 Å². The van der Waals surface area contributed by atoms with Crippen LogP contribution in [-0.4, -0.2) is 30.1 Å². The van der Waals surface area contributed by atoms with Gasteiger partial charge in [0.15, 0.2) is 6.61 Å². The van der Waals surface area contributed by atoms with E-state index in [9.17, 15) is 19.3 Å². The summed E-state index contributed by atoms with van der Waals surface area (Å²) < 4.78 is 29.8. The standard InChI is InChI=1S/C19H19FN2O6/c1-3-26-17-7-12-6-11(2)28-16(12)9-14(17)21-19(23)10-27-18-8-13(20)4-5-15(18)22(24)25/h4-5,7-9,11H,3,6,10H2,1-2H3,(H,21,23). The number of fused-ring (bicyclic) bond motifs is 1. The zero-order chi connectivity index (χ0) is 20.3. The zero-order valence-corrected chi connectivity index (χ0v) is 15.4. The van der Waals surface area contributed by atoms with Crippen molar-refractivity contribution < 1.29 is 28.3 Å². The summed E-state index contributed by atoms with van der Waals surface area (Å²) in [6.07, 6.45) is 0.781. The number of rotatable bonds is 7. The molecule has 28 heavy (non-hydrogen) atoms. The highest BCUT2D eigenvalue weighted by Crippen LogP contribution is 2.38. The first-order valence-electron chi connectivity index (χ1n) is 8.70. The highest BCUT2D eigenvalue weighted by Gasteiger charge is 2.23. The van der Waals surface area contributed by atoms with Crippen molar-refractivity contribution in [2.45, 2.75) is 26.4 Å². The van der Waals surface area contributed by atoms with Crippen LogP contribution in [0.4, 0.5) is 15.8 Å². The van der Waals surface area contributed by atoms with E-state index < -0.39 is 28.9 Å². The highest BCUT2D eigenvalue weighted by atomic mass is 19.1. The third-order valence-electron chi connectivity index (χ3n) is 4.05. The number of halogens is 1. The molecule has 0 aromatic heterocycles. The van der Waals surface area contributed by atoms with Crippen LogP contribution < -0.4 is 19.5 Å². The van der Waals surface area contributed by atoms with Crippen LogP contribution in [0.3, 0.4) is 0 Å². The van der Waals surface area contributed by atoms with Gasteiger partial charge in [0.05, 0.1) is 17.2 Å². The summed E-state index contributed by atoms with van der Waals surface area (Å²) in [5, 5.41) is 13.6. The van der Waals surface area contributed by atoms with Gasteiger partial charge in [0.1, 0.15) is 23.4 Å². The number of carbonyl (C=O) groups excluding carboxylic acids is 1. The average Bonchev–Trinajstić information content (AvgIpc) is 2.99. The number of nitrogens with zero attached hydrogens (tertiary/aromatic N) is 1. The summed E-state index contributed by atoms with van der Waals surface area (Å²) in [4.78, 5) is 22.6. The molecule has 3 rings (SSSR count). The summed E-state index contributed by atoms with van der Waals surface area (Å²) in [5.41, 5.74) is 0.960. The number of hydrogen-bond donors (Lipinski definition) is 1. The van der Waals surface area contributed by atoms with Crippen LogP contribution in [0.1, 0.15) is 19.4 Å². The molecule has 2 aromatic rings. The van der Waals surface area contributed by atoms with E-state index in [2.05, 4.69) is 5.32 Å². The molecule has 1 amide bonds. The Morgan fingerprint density at radius 1 is 1.32 bits per heavy atom. The fourth-order valence-corrected chi connectivity index (χ4v) is 2.90. The van der Waals surface area contributed by atoms with Crippen LogP contribution in [0.5, 0.6) is 17.2 Å². The molecular formula is C19H19FN2O6. The fourth-order valence-electron chi connectivity index (χ4n) is 2.90. The van der Waals surface area contributed by atoms with Crippen LogP contribution in [-0.2, 0) is 11.2 Å². The number of hydrogen-bond acceptors (Lipinski definition) is 6. The molecule has 1 heterocycles. The molecule has 1 atom stereocenters. The molecule has 0 radical (unpaired) electrons. The molecule has 148 valence electrons. The van der Waals surface area contributed by atoms with Crippen molar-refractivity contribution in [3.05, 3.63) is 51.8 Å². The van der Waals surface area contributed by atoms with E-state index >= 15 is 0 Å². The van der Waals surface area contributed by atoms with Crippen molar-refractivity contribution in [2.75, 3.05) is 18.5 Å². The molecule has 9 heteroatoms. The Morgan fingerprint density at radius 3 is 2.82 bits per heavy atom. The topological polar surface area (TPSA) is 99.9 Å². The molecule has 0 spiro atoms. The van der Waals surface area contributed by atoms with E-state index in [1.165, 1.54) is 0 Å². The van der Waals surface area contributed by atoms with Gasteiger partial charge in [0.2, 0.25) is 5.75 Å². The van der Waals surface area contributed by atoms with Crippen LogP contribution in [0.25, 0.3) is 0 Å². The van der Waals surface area contributed by atoms with Crippen LogP contribution >= 0.6 is 0 Å². The maximum Gasteiger partial charge on any atom is 0.311 e. The van der Waals surface area contributed by atoms with Crippen LogP contribution in [0.2, 0.25) is 0 Å². The second-order valence-electron chi connectivity index (χ2n) is 6.23. The SMILES string of the molecule is CCOc1cc2c(cc1NC(=O)COc1cc(F)ccc1[N+](=O)[O-])OC(C)C2. The normalized spacial score (nSPS) is 14.8. The maximum atomic E-state index is 13.3. The monoisotopic (exact) mass is 390 g/mol. The lowest BCUT2D eigenvalue weighted by Crippen LogP contribution is -2.21. The first kappa shape index (κ1) is 19.4. The zero-order valence-electron chi connectivity index (χ0n) is 15.4. The molecule has 0 fully saturated rings. The van der Waals surface area contributed by atoms with Crippen molar-refractivity contribution >= 4 is 17.3 Å².